The van der Waals surface area contributed by atoms with E-state index in [0.717, 1.165) is 0 Å². The number of nitrogen functional groups attached to an aromatic ring is 1. The number of nitrogens with zero attached hydrogens (tertiary/aromatic N) is 2. The van der Waals surface area contributed by atoms with Crippen molar-refractivity contribution in [1.29, 1.82) is 0 Å². The number of rotatable bonds is 5. The molecule has 29 heavy (non-hydrogen) atoms. The highest BCUT2D eigenvalue weighted by molar-refractivity contribution is 6.30. The van der Waals surface area contributed by atoms with Crippen molar-refractivity contribution in [2.75, 3.05) is 12.3 Å². The highest BCUT2D eigenvalue weighted by atomic mass is 35.5. The molecule has 0 saturated carbocycles. The molecule has 3 rings (SSSR count). The van der Waals surface area contributed by atoms with Gasteiger partial charge in [0.1, 0.15) is 23.6 Å². The first-order chi connectivity index (χ1) is 13.8. The number of carbonyl (C=O) groups is 2. The van der Waals surface area contributed by atoms with Crippen molar-refractivity contribution in [3.05, 3.63) is 68.3 Å². The fourth-order valence-corrected chi connectivity index (χ4v) is 2.87. The number of nitrogens with one attached hydrogen (secondary N) is 1. The third-order valence-electron chi connectivity index (χ3n) is 4.19. The predicted octanol–water partition coefficient (Wildman–Crippen LogP) is 2.59. The van der Waals surface area contributed by atoms with Crippen LogP contribution in [0.15, 0.2) is 52.4 Å². The average Bonchev–Trinajstić information content (AvgIpc) is 2.72. The number of halogens is 1. The molecule has 0 spiro atoms. The van der Waals surface area contributed by atoms with Crippen LogP contribution >= 0.6 is 11.6 Å². The molecule has 10 heteroatoms. The van der Waals surface area contributed by atoms with Gasteiger partial charge in [-0.25, -0.2) is 0 Å². The number of fused-ring (bicyclic) bond motifs is 1. The van der Waals surface area contributed by atoms with Crippen LogP contribution in [0.25, 0.3) is 10.9 Å². The molecule has 2 amide bonds. The minimum Gasteiger partial charge on any atom is -0.457 e. The zero-order chi connectivity index (χ0) is 21.1. The zero-order valence-electron chi connectivity index (χ0n) is 15.1. The number of amides is 2. The Morgan fingerprint density at radius 1 is 1.17 bits per heavy atom. The summed E-state index contributed by atoms with van der Waals surface area (Å²) in [7, 11) is 1.48. The Hall–Kier alpha value is -3.72. The van der Waals surface area contributed by atoms with Crippen LogP contribution in [-0.2, 0) is 11.8 Å². The first-order valence-corrected chi connectivity index (χ1v) is 8.69. The lowest BCUT2D eigenvalue weighted by Gasteiger charge is -2.14. The minimum absolute atomic E-state index is 0.0508. The molecular weight excluding hydrogens is 400 g/mol. The van der Waals surface area contributed by atoms with Crippen LogP contribution in [0.2, 0.25) is 5.02 Å². The molecule has 0 aliphatic heterocycles. The molecule has 1 heterocycles. The second-order valence-corrected chi connectivity index (χ2v) is 6.49. The summed E-state index contributed by atoms with van der Waals surface area (Å²) in [6.07, 6.45) is 0. The third-order valence-corrected chi connectivity index (χ3v) is 4.44. The minimum atomic E-state index is -1.07. The van der Waals surface area contributed by atoms with E-state index in [1.54, 1.807) is 42.5 Å². The van der Waals surface area contributed by atoms with Crippen molar-refractivity contribution >= 4 is 40.0 Å². The SMILES string of the molecule is Cn1c(=O)c(C(=O)NCC(=O)N=O)c(N)c2ccc(Oc3ccc(Cl)cc3)cc21. The van der Waals surface area contributed by atoms with Gasteiger partial charge in [0, 0.05) is 28.7 Å². The maximum atomic E-state index is 12.7. The quantitative estimate of drug-likeness (QED) is 0.616. The number of nitrogens with two attached hydrogens (primary N) is 1. The lowest BCUT2D eigenvalue weighted by Crippen LogP contribution is -2.35. The first kappa shape index (κ1) is 20.0. The fraction of sp³-hybridized carbons (Fsp3) is 0.105. The Kier molecular flexibility index (Phi) is 5.60. The van der Waals surface area contributed by atoms with E-state index in [0.29, 0.717) is 27.4 Å². The zero-order valence-corrected chi connectivity index (χ0v) is 15.9. The van der Waals surface area contributed by atoms with Gasteiger partial charge >= 0.3 is 5.91 Å². The van der Waals surface area contributed by atoms with Crippen LogP contribution in [-0.4, -0.2) is 22.9 Å². The number of pyridine rings is 1. The van der Waals surface area contributed by atoms with Crippen LogP contribution in [0.5, 0.6) is 11.5 Å². The summed E-state index contributed by atoms with van der Waals surface area (Å²) in [5.74, 6) is -0.938. The summed E-state index contributed by atoms with van der Waals surface area (Å²) in [4.78, 5) is 46.1. The van der Waals surface area contributed by atoms with E-state index in [-0.39, 0.29) is 11.3 Å². The van der Waals surface area contributed by atoms with Crippen molar-refractivity contribution in [1.82, 2.24) is 9.88 Å². The van der Waals surface area contributed by atoms with Crippen molar-refractivity contribution < 1.29 is 14.3 Å². The molecule has 0 saturated heterocycles. The van der Waals surface area contributed by atoms with E-state index in [2.05, 4.69) is 10.5 Å². The first-order valence-electron chi connectivity index (χ1n) is 8.32. The number of aryl methyl sites for hydroxylation is 1. The molecule has 0 aliphatic carbocycles. The largest absolute Gasteiger partial charge is 0.457 e. The van der Waals surface area contributed by atoms with E-state index < -0.39 is 23.9 Å². The smallest absolute Gasteiger partial charge is 0.305 e. The molecule has 3 aromatic rings. The van der Waals surface area contributed by atoms with E-state index in [1.165, 1.54) is 11.6 Å². The third kappa shape index (κ3) is 4.09. The summed E-state index contributed by atoms with van der Waals surface area (Å²) in [5.41, 5.74) is 5.45. The number of aromatic nitrogens is 1. The Labute approximate surface area is 169 Å². The van der Waals surface area contributed by atoms with Gasteiger partial charge in [-0.2, -0.15) is 0 Å². The molecule has 0 fully saturated rings. The van der Waals surface area contributed by atoms with E-state index in [4.69, 9.17) is 22.1 Å². The van der Waals surface area contributed by atoms with Crippen LogP contribution in [0.4, 0.5) is 5.69 Å². The molecule has 0 aliphatic rings. The highest BCUT2D eigenvalue weighted by Gasteiger charge is 2.20. The van der Waals surface area contributed by atoms with Crippen molar-refractivity contribution in [2.45, 2.75) is 0 Å². The van der Waals surface area contributed by atoms with Gasteiger partial charge in [0.2, 0.25) is 0 Å². The lowest BCUT2D eigenvalue weighted by molar-refractivity contribution is -0.117. The van der Waals surface area contributed by atoms with Gasteiger partial charge in [0.15, 0.2) is 0 Å². The Morgan fingerprint density at radius 2 is 1.83 bits per heavy atom. The number of hydrogen-bond acceptors (Lipinski definition) is 6. The number of benzene rings is 2. The van der Waals surface area contributed by atoms with E-state index in [1.807, 2.05) is 0 Å². The monoisotopic (exact) mass is 414 g/mol. The van der Waals surface area contributed by atoms with Gasteiger partial charge in [-0.3, -0.25) is 14.4 Å². The summed E-state index contributed by atoms with van der Waals surface area (Å²) in [5, 5.41) is 5.35. The number of carbonyl (C=O) groups excluding carboxylic acids is 2. The predicted molar refractivity (Wildman–Crippen MR) is 108 cm³/mol. The molecule has 0 bridgehead atoms. The fourth-order valence-electron chi connectivity index (χ4n) is 2.74. The molecule has 9 nitrogen and oxygen atoms in total. The Morgan fingerprint density at radius 3 is 2.48 bits per heavy atom. The van der Waals surface area contributed by atoms with Gasteiger partial charge in [0.25, 0.3) is 11.5 Å². The number of anilines is 1. The van der Waals surface area contributed by atoms with E-state index >= 15 is 0 Å². The highest BCUT2D eigenvalue weighted by Crippen LogP contribution is 2.29. The molecule has 0 radical (unpaired) electrons. The molecule has 148 valence electrons. The second-order valence-electron chi connectivity index (χ2n) is 6.06. The molecule has 3 N–H and O–H groups in total. The van der Waals surface area contributed by atoms with Crippen molar-refractivity contribution in [3.63, 3.8) is 0 Å². The number of ether oxygens (including phenoxy) is 1. The van der Waals surface area contributed by atoms with Gasteiger partial charge in [-0.1, -0.05) is 11.6 Å². The molecule has 2 aromatic carbocycles. The summed E-state index contributed by atoms with van der Waals surface area (Å²) in [6, 6.07) is 11.6. The number of nitroso groups, excluding NO2 is 1. The normalized spacial score (nSPS) is 10.6. The van der Waals surface area contributed by atoms with Crippen LogP contribution in [0.3, 0.4) is 0 Å². The Balaban J connectivity index is 2.00. The van der Waals surface area contributed by atoms with Crippen LogP contribution in [0, 0.1) is 4.91 Å². The summed E-state index contributed by atoms with van der Waals surface area (Å²) in [6.45, 7) is -0.628. The lowest BCUT2D eigenvalue weighted by atomic mass is 10.1. The van der Waals surface area contributed by atoms with Crippen molar-refractivity contribution in [3.8, 4) is 11.5 Å². The van der Waals surface area contributed by atoms with Gasteiger partial charge in [-0.15, -0.1) is 4.91 Å². The summed E-state index contributed by atoms with van der Waals surface area (Å²) < 4.78 is 7.00. The summed E-state index contributed by atoms with van der Waals surface area (Å²) >= 11 is 5.86. The molecular formula is C19H15ClN4O5. The van der Waals surface area contributed by atoms with Gasteiger partial charge in [-0.05, 0) is 36.4 Å². The van der Waals surface area contributed by atoms with Crippen LogP contribution in [0.1, 0.15) is 10.4 Å². The molecule has 0 unspecified atom stereocenters. The molecule has 0 atom stereocenters. The second kappa shape index (κ2) is 8.11. The maximum Gasteiger partial charge on any atom is 0.305 e. The van der Waals surface area contributed by atoms with E-state index in [9.17, 15) is 19.3 Å². The molecule has 1 aromatic heterocycles. The van der Waals surface area contributed by atoms with Gasteiger partial charge < -0.3 is 20.4 Å². The van der Waals surface area contributed by atoms with Crippen LogP contribution < -0.4 is 21.3 Å². The topological polar surface area (TPSA) is 133 Å². The number of hydrogen-bond donors (Lipinski definition) is 2. The van der Waals surface area contributed by atoms with Crippen molar-refractivity contribution in [2.24, 2.45) is 12.2 Å². The average molecular weight is 415 g/mol. The van der Waals surface area contributed by atoms with Gasteiger partial charge in [0.05, 0.1) is 11.2 Å². The Bertz CT molecular complexity index is 1190. The maximum absolute atomic E-state index is 12.7. The standard InChI is InChI=1S/C19H15ClN4O5/c1-24-14-8-12(29-11-4-2-10(20)3-5-11)6-7-13(14)17(21)16(19(24)27)18(26)22-9-15(25)23-28/h2-8H,9,21H2,1H3,(H,22,26).